The molecule has 29 heavy (non-hydrogen) atoms. The molecule has 1 fully saturated rings. The van der Waals surface area contributed by atoms with Gasteiger partial charge in [-0.05, 0) is 57.6 Å². The highest BCUT2D eigenvalue weighted by molar-refractivity contribution is 7.18. The summed E-state index contributed by atoms with van der Waals surface area (Å²) in [5.74, 6) is 0.218. The fourth-order valence-corrected chi connectivity index (χ4v) is 6.59. The number of thiazole rings is 1. The maximum Gasteiger partial charge on any atom is 0.148 e. The third-order valence-corrected chi connectivity index (χ3v) is 8.17. The Morgan fingerprint density at radius 3 is 2.90 bits per heavy atom. The second kappa shape index (κ2) is 7.00. The van der Waals surface area contributed by atoms with Gasteiger partial charge in [0, 0.05) is 27.9 Å². The normalized spacial score (nSPS) is 19.4. The third-order valence-electron chi connectivity index (χ3n) is 6.22. The lowest BCUT2D eigenvalue weighted by Gasteiger charge is -2.35. The summed E-state index contributed by atoms with van der Waals surface area (Å²) in [5.41, 5.74) is 4.01. The Bertz CT molecular complexity index is 1200. The molecule has 4 nitrogen and oxygen atoms in total. The fourth-order valence-electron chi connectivity index (χ4n) is 4.56. The number of aromatic nitrogens is 2. The van der Waals surface area contributed by atoms with Crippen LogP contribution in [0.25, 0.3) is 20.4 Å². The lowest BCUT2D eigenvalue weighted by molar-refractivity contribution is 0.171. The minimum absolute atomic E-state index is 0.130. The van der Waals surface area contributed by atoms with E-state index in [9.17, 15) is 4.39 Å². The summed E-state index contributed by atoms with van der Waals surface area (Å²) in [4.78, 5) is 13.8. The zero-order valence-corrected chi connectivity index (χ0v) is 18.3. The van der Waals surface area contributed by atoms with Crippen molar-refractivity contribution in [3.05, 3.63) is 46.7 Å². The van der Waals surface area contributed by atoms with Gasteiger partial charge in [-0.25, -0.2) is 14.4 Å². The van der Waals surface area contributed by atoms with Crippen LogP contribution in [0, 0.1) is 5.82 Å². The van der Waals surface area contributed by atoms with Gasteiger partial charge in [0.2, 0.25) is 0 Å². The zero-order valence-electron chi connectivity index (χ0n) is 16.7. The fraction of sp³-hybridized carbons (Fsp3) is 0.364. The summed E-state index contributed by atoms with van der Waals surface area (Å²) < 4.78 is 15.5. The van der Waals surface area contributed by atoms with Gasteiger partial charge in [0.25, 0.3) is 0 Å². The van der Waals surface area contributed by atoms with E-state index >= 15 is 0 Å². The molecule has 5 rings (SSSR count). The molecular formula is C22H23FN4S2. The predicted octanol–water partition coefficient (Wildman–Crippen LogP) is 6.38. The number of hydrogen-bond donors (Lipinski definition) is 1. The first-order valence-corrected chi connectivity index (χ1v) is 11.6. The molecule has 1 saturated heterocycles. The predicted molar refractivity (Wildman–Crippen MR) is 121 cm³/mol. The van der Waals surface area contributed by atoms with Gasteiger partial charge in [0.1, 0.15) is 10.6 Å². The number of benzene rings is 1. The van der Waals surface area contributed by atoms with E-state index in [1.807, 2.05) is 6.07 Å². The number of halogens is 1. The maximum absolute atomic E-state index is 14.6. The Labute approximate surface area is 177 Å². The minimum atomic E-state index is -0.266. The molecule has 0 bridgehead atoms. The quantitative estimate of drug-likeness (QED) is 0.411. The van der Waals surface area contributed by atoms with Crippen LogP contribution in [0.2, 0.25) is 0 Å². The van der Waals surface area contributed by atoms with Crippen molar-refractivity contribution in [2.75, 3.05) is 18.4 Å². The molecule has 1 aromatic carbocycles. The van der Waals surface area contributed by atoms with E-state index < -0.39 is 0 Å². The van der Waals surface area contributed by atoms with Crippen LogP contribution in [-0.2, 0) is 0 Å². The number of likely N-dealkylation sites (tertiary alicyclic amines) is 1. The monoisotopic (exact) mass is 426 g/mol. The Morgan fingerprint density at radius 2 is 2.10 bits per heavy atom. The largest absolute Gasteiger partial charge is 0.352 e. The SMILES string of the molecule is CCN1CC[C@@H](c2cc3c(Nc4cc5ncsc5cc4F)ccnc3s2)C1(C)C. The van der Waals surface area contributed by atoms with E-state index in [4.69, 9.17) is 0 Å². The van der Waals surface area contributed by atoms with E-state index in [1.165, 1.54) is 16.2 Å². The molecule has 150 valence electrons. The van der Waals surface area contributed by atoms with E-state index in [2.05, 4.69) is 47.0 Å². The van der Waals surface area contributed by atoms with Crippen LogP contribution in [0.4, 0.5) is 15.8 Å². The van der Waals surface area contributed by atoms with Crippen LogP contribution in [0.1, 0.15) is 38.0 Å². The van der Waals surface area contributed by atoms with Gasteiger partial charge in [0.15, 0.2) is 0 Å². The highest BCUT2D eigenvalue weighted by Crippen LogP contribution is 2.46. The Kier molecular flexibility index (Phi) is 4.57. The van der Waals surface area contributed by atoms with Crippen LogP contribution < -0.4 is 5.32 Å². The summed E-state index contributed by atoms with van der Waals surface area (Å²) in [6.07, 6.45) is 2.95. The van der Waals surface area contributed by atoms with Gasteiger partial charge in [-0.15, -0.1) is 22.7 Å². The van der Waals surface area contributed by atoms with Crippen molar-refractivity contribution in [1.82, 2.24) is 14.9 Å². The number of anilines is 2. The number of thiophene rings is 1. The van der Waals surface area contributed by atoms with Gasteiger partial charge < -0.3 is 5.32 Å². The van der Waals surface area contributed by atoms with E-state index in [1.54, 1.807) is 35.2 Å². The summed E-state index contributed by atoms with van der Waals surface area (Å²) in [7, 11) is 0. The van der Waals surface area contributed by atoms with Crippen LogP contribution in [0.3, 0.4) is 0 Å². The lowest BCUT2D eigenvalue weighted by atomic mass is 9.87. The molecule has 7 heteroatoms. The molecule has 1 aliphatic heterocycles. The Balaban J connectivity index is 1.53. The van der Waals surface area contributed by atoms with Gasteiger partial charge in [-0.3, -0.25) is 4.90 Å². The van der Waals surface area contributed by atoms with Crippen molar-refractivity contribution in [1.29, 1.82) is 0 Å². The van der Waals surface area contributed by atoms with Crippen molar-refractivity contribution >= 4 is 54.5 Å². The third kappa shape index (κ3) is 3.12. The number of pyridine rings is 1. The summed E-state index contributed by atoms with van der Waals surface area (Å²) in [6.45, 7) is 9.09. The van der Waals surface area contributed by atoms with E-state index in [0.717, 1.165) is 45.6 Å². The molecule has 3 aromatic heterocycles. The van der Waals surface area contributed by atoms with E-state index in [-0.39, 0.29) is 11.4 Å². The molecule has 0 aliphatic carbocycles. The number of nitrogens with one attached hydrogen (secondary N) is 1. The van der Waals surface area contributed by atoms with Crippen LogP contribution in [0.5, 0.6) is 0 Å². The number of nitrogens with zero attached hydrogens (tertiary/aromatic N) is 3. The van der Waals surface area contributed by atoms with Gasteiger partial charge >= 0.3 is 0 Å². The summed E-state index contributed by atoms with van der Waals surface area (Å²) in [6, 6.07) is 7.49. The number of likely N-dealkylation sites (N-methyl/N-ethyl adjacent to an activating group) is 1. The minimum Gasteiger partial charge on any atom is -0.352 e. The molecule has 0 radical (unpaired) electrons. The molecule has 0 amide bonds. The zero-order chi connectivity index (χ0) is 20.2. The molecule has 0 spiro atoms. The molecule has 1 atom stereocenters. The number of fused-ring (bicyclic) bond motifs is 2. The smallest absolute Gasteiger partial charge is 0.148 e. The Hall–Kier alpha value is -2.09. The number of rotatable bonds is 4. The summed E-state index contributed by atoms with van der Waals surface area (Å²) in [5, 5.41) is 4.34. The lowest BCUT2D eigenvalue weighted by Crippen LogP contribution is -2.41. The number of hydrogen-bond acceptors (Lipinski definition) is 6. The van der Waals surface area contributed by atoms with Crippen LogP contribution in [0.15, 0.2) is 36.0 Å². The topological polar surface area (TPSA) is 41.0 Å². The standard InChI is InChI=1S/C22H23FN4S2/c1-4-27-8-6-14(22(27,2)3)19-9-13-16(5-7-24-21(13)29-19)26-17-11-18-20(10-15(17)23)28-12-25-18/h5,7,9-12,14H,4,6,8H2,1-3H3,(H,24,26)/t14-/m0/s1. The molecule has 4 aromatic rings. The molecule has 1 N–H and O–H groups in total. The van der Waals surface area contributed by atoms with Crippen molar-refractivity contribution in [3.8, 4) is 0 Å². The van der Waals surface area contributed by atoms with Crippen LogP contribution >= 0.6 is 22.7 Å². The van der Waals surface area contributed by atoms with E-state index in [0.29, 0.717) is 11.6 Å². The first-order valence-electron chi connectivity index (χ1n) is 9.90. The molecule has 1 aliphatic rings. The van der Waals surface area contributed by atoms with Crippen LogP contribution in [-0.4, -0.2) is 33.5 Å². The second-order valence-electron chi connectivity index (χ2n) is 8.08. The first kappa shape index (κ1) is 18.9. The van der Waals surface area contributed by atoms with Crippen molar-refractivity contribution in [2.24, 2.45) is 0 Å². The average molecular weight is 427 g/mol. The van der Waals surface area contributed by atoms with Gasteiger partial charge in [-0.2, -0.15) is 0 Å². The Morgan fingerprint density at radius 1 is 1.24 bits per heavy atom. The van der Waals surface area contributed by atoms with Crippen molar-refractivity contribution < 1.29 is 4.39 Å². The average Bonchev–Trinajstić information content (AvgIpc) is 3.38. The summed E-state index contributed by atoms with van der Waals surface area (Å²) >= 11 is 3.21. The molecular weight excluding hydrogens is 403 g/mol. The van der Waals surface area contributed by atoms with Crippen molar-refractivity contribution in [2.45, 2.75) is 38.6 Å². The molecule has 0 saturated carbocycles. The van der Waals surface area contributed by atoms with Crippen molar-refractivity contribution in [3.63, 3.8) is 0 Å². The first-order chi connectivity index (χ1) is 14.0. The van der Waals surface area contributed by atoms with Gasteiger partial charge in [0.05, 0.1) is 27.1 Å². The molecule has 4 heterocycles. The maximum atomic E-state index is 14.6. The molecule has 0 unspecified atom stereocenters. The van der Waals surface area contributed by atoms with Gasteiger partial charge in [-0.1, -0.05) is 6.92 Å². The highest BCUT2D eigenvalue weighted by Gasteiger charge is 2.41. The second-order valence-corrected chi connectivity index (χ2v) is 10.0. The highest BCUT2D eigenvalue weighted by atomic mass is 32.1.